The summed E-state index contributed by atoms with van der Waals surface area (Å²) >= 11 is 0. The van der Waals surface area contributed by atoms with Crippen molar-refractivity contribution in [3.63, 3.8) is 0 Å². The Labute approximate surface area is 136 Å². The molecule has 3 heterocycles. The first-order valence-corrected chi connectivity index (χ1v) is 7.61. The molecule has 9 heteroatoms. The maximum Gasteiger partial charge on any atom is 0.433 e. The van der Waals surface area contributed by atoms with Crippen molar-refractivity contribution >= 4 is 11.6 Å². The molecule has 0 N–H and O–H groups in total. The normalized spacial score (nSPS) is 19.5. The molecular weight excluding hydrogens is 325 g/mol. The highest BCUT2D eigenvalue weighted by molar-refractivity contribution is 5.99. The molecule has 0 radical (unpaired) electrons. The summed E-state index contributed by atoms with van der Waals surface area (Å²) in [5.41, 5.74) is -0.781. The smallest absolute Gasteiger partial charge is 0.377 e. The monoisotopic (exact) mass is 342 g/mol. The second-order valence-electron chi connectivity index (χ2n) is 5.86. The molecule has 3 rings (SSSR count). The Morgan fingerprint density at radius 2 is 2.17 bits per heavy atom. The van der Waals surface area contributed by atoms with Crippen LogP contribution < -0.4 is 0 Å². The lowest BCUT2D eigenvalue weighted by Crippen LogP contribution is -2.36. The third-order valence-electron chi connectivity index (χ3n) is 3.86. The summed E-state index contributed by atoms with van der Waals surface area (Å²) in [5.74, 6) is -0.381. The molecule has 2 aromatic rings. The molecule has 0 bridgehead atoms. The number of aromatic nitrogens is 3. The van der Waals surface area contributed by atoms with Gasteiger partial charge in [-0.25, -0.2) is 9.50 Å². The van der Waals surface area contributed by atoms with Crippen molar-refractivity contribution in [1.29, 1.82) is 0 Å². The van der Waals surface area contributed by atoms with E-state index in [1.54, 1.807) is 4.90 Å². The average molecular weight is 342 g/mol. The summed E-state index contributed by atoms with van der Waals surface area (Å²) in [6.45, 7) is 4.73. The third kappa shape index (κ3) is 3.08. The summed E-state index contributed by atoms with van der Waals surface area (Å²) in [6, 6.07) is 0.913. The van der Waals surface area contributed by atoms with Gasteiger partial charge in [0.25, 0.3) is 5.91 Å². The summed E-state index contributed by atoms with van der Waals surface area (Å²) in [7, 11) is 0. The van der Waals surface area contributed by atoms with E-state index in [0.29, 0.717) is 30.6 Å². The Morgan fingerprint density at radius 3 is 2.88 bits per heavy atom. The average Bonchev–Trinajstić information content (AvgIpc) is 2.78. The molecule has 0 unspecified atom stereocenters. The van der Waals surface area contributed by atoms with E-state index < -0.39 is 11.9 Å². The lowest BCUT2D eigenvalue weighted by molar-refractivity contribution is -0.142. The maximum atomic E-state index is 13.2. The van der Waals surface area contributed by atoms with Gasteiger partial charge in [0.1, 0.15) is 11.3 Å². The minimum atomic E-state index is -4.58. The van der Waals surface area contributed by atoms with Gasteiger partial charge in [-0.1, -0.05) is 0 Å². The highest BCUT2D eigenvalue weighted by atomic mass is 19.4. The van der Waals surface area contributed by atoms with Crippen LogP contribution >= 0.6 is 0 Å². The van der Waals surface area contributed by atoms with Gasteiger partial charge >= 0.3 is 6.18 Å². The maximum absolute atomic E-state index is 13.2. The zero-order chi connectivity index (χ0) is 17.5. The fraction of sp³-hybridized carbons (Fsp3) is 0.533. The van der Waals surface area contributed by atoms with Gasteiger partial charge in [0.15, 0.2) is 5.65 Å². The molecule has 1 saturated heterocycles. The number of hydrogen-bond donors (Lipinski definition) is 0. The van der Waals surface area contributed by atoms with Gasteiger partial charge in [0.2, 0.25) is 0 Å². The van der Waals surface area contributed by atoms with Crippen LogP contribution in [0.2, 0.25) is 0 Å². The first-order valence-electron chi connectivity index (χ1n) is 7.61. The van der Waals surface area contributed by atoms with Gasteiger partial charge in [0.05, 0.1) is 12.3 Å². The molecule has 1 aliphatic rings. The number of carbonyl (C=O) groups excluding carboxylic acids is 1. The zero-order valence-corrected chi connectivity index (χ0v) is 13.3. The van der Waals surface area contributed by atoms with Gasteiger partial charge in [-0.15, -0.1) is 0 Å². The first-order chi connectivity index (χ1) is 11.3. The predicted molar refractivity (Wildman–Crippen MR) is 78.7 cm³/mol. The molecule has 24 heavy (non-hydrogen) atoms. The minimum absolute atomic E-state index is 0.0679. The van der Waals surface area contributed by atoms with Gasteiger partial charge in [-0.2, -0.15) is 18.3 Å². The van der Waals surface area contributed by atoms with E-state index in [0.717, 1.165) is 12.3 Å². The van der Waals surface area contributed by atoms with Crippen LogP contribution in [0.25, 0.3) is 5.65 Å². The Balaban J connectivity index is 2.04. The Kier molecular flexibility index (Phi) is 4.20. The molecular formula is C15H17F3N4O2. The predicted octanol–water partition coefficient (Wildman–Crippen LogP) is 2.31. The van der Waals surface area contributed by atoms with Crippen LogP contribution in [0.4, 0.5) is 13.2 Å². The van der Waals surface area contributed by atoms with Crippen molar-refractivity contribution in [2.45, 2.75) is 32.5 Å². The topological polar surface area (TPSA) is 59.7 Å². The van der Waals surface area contributed by atoms with E-state index in [1.807, 2.05) is 6.92 Å². The SMILES string of the molecule is Cc1cc(C(F)(F)F)n2ncc(C(=O)N3CCCO[C@@H](C)C3)c2n1. The van der Waals surface area contributed by atoms with E-state index in [2.05, 4.69) is 10.1 Å². The van der Waals surface area contributed by atoms with Crippen molar-refractivity contribution in [2.24, 2.45) is 0 Å². The lowest BCUT2D eigenvalue weighted by Gasteiger charge is -2.21. The number of nitrogens with zero attached hydrogens (tertiary/aromatic N) is 4. The summed E-state index contributed by atoms with van der Waals surface area (Å²) in [4.78, 5) is 18.4. The largest absolute Gasteiger partial charge is 0.433 e. The molecule has 6 nitrogen and oxygen atoms in total. The number of fused-ring (bicyclic) bond motifs is 1. The van der Waals surface area contributed by atoms with Gasteiger partial charge < -0.3 is 9.64 Å². The van der Waals surface area contributed by atoms with Gasteiger partial charge in [-0.05, 0) is 26.3 Å². The molecule has 1 atom stereocenters. The number of ether oxygens (including phenoxy) is 1. The van der Waals surface area contributed by atoms with E-state index in [4.69, 9.17) is 4.74 Å². The fourth-order valence-corrected chi connectivity index (χ4v) is 2.79. The number of halogens is 3. The second-order valence-corrected chi connectivity index (χ2v) is 5.86. The quantitative estimate of drug-likeness (QED) is 0.798. The number of amides is 1. The fourth-order valence-electron chi connectivity index (χ4n) is 2.79. The first kappa shape index (κ1) is 16.7. The highest BCUT2D eigenvalue weighted by Crippen LogP contribution is 2.30. The van der Waals surface area contributed by atoms with E-state index in [9.17, 15) is 18.0 Å². The lowest BCUT2D eigenvalue weighted by atomic mass is 10.2. The van der Waals surface area contributed by atoms with Gasteiger partial charge in [-0.3, -0.25) is 4.79 Å². The van der Waals surface area contributed by atoms with Crippen molar-refractivity contribution in [1.82, 2.24) is 19.5 Å². The number of aryl methyl sites for hydroxylation is 1. The summed E-state index contributed by atoms with van der Waals surface area (Å²) < 4.78 is 45.7. The third-order valence-corrected chi connectivity index (χ3v) is 3.86. The second kappa shape index (κ2) is 6.04. The van der Waals surface area contributed by atoms with Crippen LogP contribution in [-0.4, -0.2) is 51.2 Å². The molecule has 2 aromatic heterocycles. The molecule has 1 aliphatic heterocycles. The number of hydrogen-bond acceptors (Lipinski definition) is 4. The van der Waals surface area contributed by atoms with Crippen molar-refractivity contribution in [2.75, 3.05) is 19.7 Å². The standard InChI is InChI=1S/C15H17F3N4O2/c1-9-6-12(15(16,17)18)22-13(20-9)11(7-19-22)14(23)21-4-3-5-24-10(2)8-21/h6-7,10H,3-5,8H2,1-2H3/t10-/m0/s1. The number of alkyl halides is 3. The summed E-state index contributed by atoms with van der Waals surface area (Å²) in [6.07, 6.45) is -2.88. The number of rotatable bonds is 1. The molecule has 1 fully saturated rings. The molecule has 1 amide bonds. The molecule has 0 saturated carbocycles. The molecule has 0 spiro atoms. The van der Waals surface area contributed by atoms with Crippen LogP contribution in [0.5, 0.6) is 0 Å². The highest BCUT2D eigenvalue weighted by Gasteiger charge is 2.36. The minimum Gasteiger partial charge on any atom is -0.377 e. The van der Waals surface area contributed by atoms with Crippen LogP contribution in [0.3, 0.4) is 0 Å². The van der Waals surface area contributed by atoms with Crippen molar-refractivity contribution in [3.05, 3.63) is 29.2 Å². The van der Waals surface area contributed by atoms with E-state index >= 15 is 0 Å². The Hall–Kier alpha value is -2.16. The van der Waals surface area contributed by atoms with E-state index in [1.165, 1.54) is 6.92 Å². The Bertz CT molecular complexity index is 772. The van der Waals surface area contributed by atoms with Crippen LogP contribution in [0.15, 0.2) is 12.3 Å². The number of carbonyl (C=O) groups is 1. The van der Waals surface area contributed by atoms with Crippen LogP contribution in [-0.2, 0) is 10.9 Å². The molecule has 0 aliphatic carbocycles. The summed E-state index contributed by atoms with van der Waals surface area (Å²) in [5, 5.41) is 3.74. The van der Waals surface area contributed by atoms with Crippen molar-refractivity contribution in [3.8, 4) is 0 Å². The molecule has 0 aromatic carbocycles. The van der Waals surface area contributed by atoms with Crippen LogP contribution in [0.1, 0.15) is 35.1 Å². The Morgan fingerprint density at radius 1 is 1.42 bits per heavy atom. The zero-order valence-electron chi connectivity index (χ0n) is 13.3. The van der Waals surface area contributed by atoms with Crippen LogP contribution in [0, 0.1) is 6.92 Å². The van der Waals surface area contributed by atoms with E-state index in [-0.39, 0.29) is 28.9 Å². The van der Waals surface area contributed by atoms with Gasteiger partial charge in [0, 0.05) is 25.4 Å². The molecule has 130 valence electrons. The van der Waals surface area contributed by atoms with Crippen molar-refractivity contribution < 1.29 is 22.7 Å².